The molecule has 308 valence electrons. The van der Waals surface area contributed by atoms with E-state index in [1.54, 1.807) is 0 Å². The zero-order valence-corrected chi connectivity index (χ0v) is 22.8. The number of alkyl halides is 30. The molecule has 0 spiro atoms. The van der Waals surface area contributed by atoms with Crippen LogP contribution >= 0.6 is 0 Å². The van der Waals surface area contributed by atoms with Crippen LogP contribution in [0.5, 0.6) is 0 Å². The number of carboxylic acids is 2. The fourth-order valence-electron chi connectivity index (χ4n) is 2.19. The molecule has 0 aromatic carbocycles. The molecule has 0 aromatic heterocycles. The van der Waals surface area contributed by atoms with Crippen molar-refractivity contribution in [3.63, 3.8) is 0 Å². The first kappa shape index (κ1) is 52.9. The van der Waals surface area contributed by atoms with Crippen LogP contribution in [0, 0.1) is 0 Å². The van der Waals surface area contributed by atoms with Crippen molar-refractivity contribution in [2.45, 2.75) is 83.4 Å². The molecule has 4 nitrogen and oxygen atoms in total. The molecule has 0 bridgehead atoms. The predicted molar refractivity (Wildman–Crippen MR) is 81.5 cm³/mol. The molecular formula is C16F30O4Pd. The van der Waals surface area contributed by atoms with Crippen LogP contribution in [0.25, 0.3) is 0 Å². The van der Waals surface area contributed by atoms with Crippen molar-refractivity contribution in [3.8, 4) is 0 Å². The Morgan fingerprint density at radius 1 is 0.255 bits per heavy atom. The third-order valence-corrected chi connectivity index (χ3v) is 5.17. The number of carbonyl (C=O) groups is 2. The molecular weight excluding hydrogens is 933 g/mol. The van der Waals surface area contributed by atoms with Gasteiger partial charge in [-0.15, -0.1) is 0 Å². The maximum Gasteiger partial charge on any atom is 2.00 e. The standard InChI is InChI=1S/2C8HF15O2.Pd/c2*9-2(10,1(24)25)3(11,12)4(13,14)5(15,16)6(17,18)7(19,20)8(21,22)23;/h2*(H,24,25);/q;;+2/p-2. The van der Waals surface area contributed by atoms with E-state index in [0.717, 1.165) is 0 Å². The smallest absolute Gasteiger partial charge is 0.544 e. The first-order valence-electron chi connectivity index (χ1n) is 9.99. The third-order valence-electron chi connectivity index (χ3n) is 5.17. The van der Waals surface area contributed by atoms with Crippen molar-refractivity contribution in [1.82, 2.24) is 0 Å². The minimum atomic E-state index is -8.50. The summed E-state index contributed by atoms with van der Waals surface area (Å²) in [5.74, 6) is -107. The van der Waals surface area contributed by atoms with Crippen LogP contribution in [0.4, 0.5) is 132 Å². The van der Waals surface area contributed by atoms with Crippen molar-refractivity contribution in [2.24, 2.45) is 0 Å². The van der Waals surface area contributed by atoms with Gasteiger partial charge in [0, 0.05) is 0 Å². The summed E-state index contributed by atoms with van der Waals surface area (Å²) >= 11 is 0. The van der Waals surface area contributed by atoms with Crippen molar-refractivity contribution in [3.05, 3.63) is 0 Å². The fraction of sp³-hybridized carbons (Fsp3) is 0.875. The van der Waals surface area contributed by atoms with E-state index < -0.39 is 95.4 Å². The van der Waals surface area contributed by atoms with Gasteiger partial charge in [0.1, 0.15) is 11.9 Å². The molecule has 0 N–H and O–H groups in total. The summed E-state index contributed by atoms with van der Waals surface area (Å²) in [6.07, 6.45) is -15.4. The zero-order valence-electron chi connectivity index (χ0n) is 21.3. The molecule has 0 aromatic rings. The van der Waals surface area contributed by atoms with Gasteiger partial charge in [-0.25, -0.2) is 0 Å². The monoisotopic (exact) mass is 932 g/mol. The molecule has 0 rings (SSSR count). The van der Waals surface area contributed by atoms with Crippen LogP contribution in [-0.2, 0) is 30.0 Å². The second-order valence-corrected chi connectivity index (χ2v) is 8.46. The Hall–Kier alpha value is -2.50. The van der Waals surface area contributed by atoms with E-state index in [9.17, 15) is 152 Å². The van der Waals surface area contributed by atoms with E-state index in [4.69, 9.17) is 0 Å². The minimum absolute atomic E-state index is 0. The van der Waals surface area contributed by atoms with Gasteiger partial charge < -0.3 is 19.8 Å². The van der Waals surface area contributed by atoms with Gasteiger partial charge in [0.05, 0.1) is 0 Å². The van der Waals surface area contributed by atoms with Gasteiger partial charge >= 0.3 is 104 Å². The van der Waals surface area contributed by atoms with E-state index in [1.807, 2.05) is 0 Å². The molecule has 0 radical (unpaired) electrons. The van der Waals surface area contributed by atoms with Gasteiger partial charge in [-0.1, -0.05) is 0 Å². The summed E-state index contributed by atoms with van der Waals surface area (Å²) in [6, 6.07) is 0. The van der Waals surface area contributed by atoms with Gasteiger partial charge in [-0.3, -0.25) is 0 Å². The summed E-state index contributed by atoms with van der Waals surface area (Å²) < 4.78 is 372. The Kier molecular flexibility index (Phi) is 13.9. The van der Waals surface area contributed by atoms with Crippen molar-refractivity contribution in [2.75, 3.05) is 0 Å². The van der Waals surface area contributed by atoms with Crippen LogP contribution in [0.2, 0.25) is 0 Å². The molecule has 0 saturated heterocycles. The molecule has 0 aliphatic carbocycles. The minimum Gasteiger partial charge on any atom is -0.544 e. The van der Waals surface area contributed by atoms with E-state index >= 15 is 0 Å². The summed E-state index contributed by atoms with van der Waals surface area (Å²) in [6.45, 7) is 0. The summed E-state index contributed by atoms with van der Waals surface area (Å²) in [5, 5.41) is 19.2. The second-order valence-electron chi connectivity index (χ2n) is 8.46. The second kappa shape index (κ2) is 13.4. The third kappa shape index (κ3) is 7.12. The van der Waals surface area contributed by atoms with E-state index in [2.05, 4.69) is 0 Å². The summed E-state index contributed by atoms with van der Waals surface area (Å²) in [7, 11) is 0. The quantitative estimate of drug-likeness (QED) is 0.172. The van der Waals surface area contributed by atoms with Gasteiger partial charge in [-0.2, -0.15) is 132 Å². The van der Waals surface area contributed by atoms with Crippen molar-refractivity contribution in [1.29, 1.82) is 0 Å². The van der Waals surface area contributed by atoms with Crippen molar-refractivity contribution >= 4 is 11.9 Å². The van der Waals surface area contributed by atoms with E-state index in [-0.39, 0.29) is 20.4 Å². The van der Waals surface area contributed by atoms with E-state index in [1.165, 1.54) is 0 Å². The molecule has 35 heteroatoms. The summed E-state index contributed by atoms with van der Waals surface area (Å²) in [4.78, 5) is 19.2. The molecule has 51 heavy (non-hydrogen) atoms. The van der Waals surface area contributed by atoms with Gasteiger partial charge in [0.2, 0.25) is 0 Å². The molecule has 0 amide bonds. The van der Waals surface area contributed by atoms with Crippen LogP contribution < -0.4 is 10.2 Å². The molecule has 0 unspecified atom stereocenters. The Morgan fingerprint density at radius 3 is 0.490 bits per heavy atom. The van der Waals surface area contributed by atoms with Crippen LogP contribution in [-0.4, -0.2) is 95.4 Å². The largest absolute Gasteiger partial charge is 2.00 e. The van der Waals surface area contributed by atoms with Gasteiger partial charge in [0.25, 0.3) is 0 Å². The number of halogens is 30. The van der Waals surface area contributed by atoms with Gasteiger partial charge in [-0.05, 0) is 0 Å². The Bertz CT molecular complexity index is 1160. The Balaban J connectivity index is -0.000000886. The summed E-state index contributed by atoms with van der Waals surface area (Å²) in [5.41, 5.74) is 0. The zero-order chi connectivity index (χ0) is 42.2. The predicted octanol–water partition coefficient (Wildman–Crippen LogP) is 6.22. The average molecular weight is 933 g/mol. The molecule has 0 heterocycles. The van der Waals surface area contributed by atoms with Crippen LogP contribution in [0.3, 0.4) is 0 Å². The first-order chi connectivity index (χ1) is 20.9. The molecule has 0 fully saturated rings. The normalized spacial score (nSPS) is 15.8. The van der Waals surface area contributed by atoms with Gasteiger partial charge in [0.15, 0.2) is 0 Å². The number of rotatable bonds is 12. The Labute approximate surface area is 268 Å². The fourth-order valence-corrected chi connectivity index (χ4v) is 2.19. The number of hydrogen-bond donors (Lipinski definition) is 0. The number of hydrogen-bond acceptors (Lipinski definition) is 4. The molecule has 0 aliphatic heterocycles. The average Bonchev–Trinajstić information content (AvgIpc) is 2.86. The van der Waals surface area contributed by atoms with Crippen LogP contribution in [0.15, 0.2) is 0 Å². The topological polar surface area (TPSA) is 80.3 Å². The molecule has 0 saturated carbocycles. The van der Waals surface area contributed by atoms with Crippen molar-refractivity contribution < 1.29 is 172 Å². The number of aliphatic carboxylic acids is 2. The number of carboxylic acid groups (broad SMARTS) is 2. The molecule has 0 aliphatic rings. The molecule has 0 atom stereocenters. The SMILES string of the molecule is O=C([O-])C(F)(F)C(F)(F)C(F)(F)C(F)(F)C(F)(F)C(F)(F)C(F)(F)F.O=C([O-])C(F)(F)C(F)(F)C(F)(F)C(F)(F)C(F)(F)C(F)(F)C(F)(F)F.[Pd+2]. The van der Waals surface area contributed by atoms with Crippen LogP contribution in [0.1, 0.15) is 0 Å². The maximum absolute atomic E-state index is 12.8. The first-order valence-corrected chi connectivity index (χ1v) is 9.99. The Morgan fingerprint density at radius 2 is 0.373 bits per heavy atom. The number of carbonyl (C=O) groups excluding carboxylic acids is 2. The maximum atomic E-state index is 12.8. The van der Waals surface area contributed by atoms with E-state index in [0.29, 0.717) is 0 Å².